The van der Waals surface area contributed by atoms with Gasteiger partial charge in [-0.05, 0) is 54.4 Å². The minimum atomic E-state index is -0.699. The summed E-state index contributed by atoms with van der Waals surface area (Å²) in [6.45, 7) is 0.293. The van der Waals surface area contributed by atoms with E-state index >= 15 is 0 Å². The molecule has 10 heteroatoms. The van der Waals surface area contributed by atoms with Gasteiger partial charge in [-0.15, -0.1) is 0 Å². The fourth-order valence-corrected chi connectivity index (χ4v) is 5.17. The molecule has 1 aliphatic rings. The maximum Gasteiger partial charge on any atom is 0.242 e. The fourth-order valence-electron chi connectivity index (χ4n) is 3.80. The second kappa shape index (κ2) is 12.1. The van der Waals surface area contributed by atoms with Crippen molar-refractivity contribution in [2.75, 3.05) is 26.1 Å². The van der Waals surface area contributed by atoms with Crippen molar-refractivity contribution < 1.29 is 23.5 Å². The lowest BCUT2D eigenvalue weighted by Crippen LogP contribution is -2.35. The number of para-hydroxylation sites is 1. The van der Waals surface area contributed by atoms with Crippen molar-refractivity contribution in [2.45, 2.75) is 18.1 Å². The molecule has 1 fully saturated rings. The number of rotatable bonds is 9. The molecule has 0 saturated carbocycles. The van der Waals surface area contributed by atoms with E-state index in [1.54, 1.807) is 62.8 Å². The van der Waals surface area contributed by atoms with Crippen molar-refractivity contribution in [3.8, 4) is 11.5 Å². The molecule has 0 aromatic heterocycles. The maximum atomic E-state index is 14.3. The van der Waals surface area contributed by atoms with Gasteiger partial charge in [0.1, 0.15) is 16.8 Å². The molecule has 3 aromatic rings. The van der Waals surface area contributed by atoms with Crippen LogP contribution in [0.2, 0.25) is 5.02 Å². The van der Waals surface area contributed by atoms with Gasteiger partial charge in [-0.2, -0.15) is 0 Å². The van der Waals surface area contributed by atoms with Gasteiger partial charge in [0.15, 0.2) is 16.7 Å². The standard InChI is InChI=1S/C27H25ClFN3O4S/c1-35-22-11-10-17(14-23(22)36-2)12-13-32-26(34)24(16-25(33)30-19-7-5-6-18(28)15-19)37-27(32)31-21-9-4-3-8-20(21)29/h3-11,14-15,24H,12-13,16H2,1-2H3,(H,30,33)/t24-/m0/s1. The predicted molar refractivity (Wildman–Crippen MR) is 145 cm³/mol. The van der Waals surface area contributed by atoms with Gasteiger partial charge in [-0.25, -0.2) is 9.38 Å². The number of aliphatic imine (C=N–C) groups is 1. The predicted octanol–water partition coefficient (Wildman–Crippen LogP) is 5.70. The Morgan fingerprint density at radius 2 is 1.86 bits per heavy atom. The van der Waals surface area contributed by atoms with Crippen LogP contribution in [0.5, 0.6) is 11.5 Å². The summed E-state index contributed by atoms with van der Waals surface area (Å²) in [5.74, 6) is 0.0940. The first kappa shape index (κ1) is 26.5. The summed E-state index contributed by atoms with van der Waals surface area (Å²) in [6, 6.07) is 18.4. The average molecular weight is 542 g/mol. The van der Waals surface area contributed by atoms with Crippen LogP contribution in [0.3, 0.4) is 0 Å². The second-order valence-electron chi connectivity index (χ2n) is 8.14. The molecule has 1 aliphatic heterocycles. The van der Waals surface area contributed by atoms with Crippen LogP contribution in [0.4, 0.5) is 15.8 Å². The van der Waals surface area contributed by atoms with Gasteiger partial charge in [-0.3, -0.25) is 14.5 Å². The van der Waals surface area contributed by atoms with Crippen molar-refractivity contribution in [1.29, 1.82) is 0 Å². The molecule has 2 amide bonds. The highest BCUT2D eigenvalue weighted by molar-refractivity contribution is 8.15. The number of amidine groups is 1. The zero-order valence-corrected chi connectivity index (χ0v) is 21.8. The molecule has 0 aliphatic carbocycles. The summed E-state index contributed by atoms with van der Waals surface area (Å²) in [6.07, 6.45) is 0.420. The number of halogens is 2. The normalized spacial score (nSPS) is 16.2. The number of anilines is 1. The van der Waals surface area contributed by atoms with Crippen molar-refractivity contribution in [2.24, 2.45) is 4.99 Å². The topological polar surface area (TPSA) is 80.2 Å². The van der Waals surface area contributed by atoms with Crippen LogP contribution < -0.4 is 14.8 Å². The highest BCUT2D eigenvalue weighted by Crippen LogP contribution is 2.33. The lowest BCUT2D eigenvalue weighted by Gasteiger charge is -2.17. The molecule has 0 radical (unpaired) electrons. The minimum Gasteiger partial charge on any atom is -0.493 e. The first-order valence-electron chi connectivity index (χ1n) is 11.5. The van der Waals surface area contributed by atoms with E-state index in [4.69, 9.17) is 21.1 Å². The van der Waals surface area contributed by atoms with E-state index in [2.05, 4.69) is 10.3 Å². The monoisotopic (exact) mass is 541 g/mol. The van der Waals surface area contributed by atoms with E-state index < -0.39 is 11.1 Å². The number of ether oxygens (including phenoxy) is 2. The molecule has 1 atom stereocenters. The molecule has 0 bridgehead atoms. The molecule has 4 rings (SSSR count). The molecule has 0 spiro atoms. The number of benzene rings is 3. The smallest absolute Gasteiger partial charge is 0.242 e. The molecular weight excluding hydrogens is 517 g/mol. The number of methoxy groups -OCH3 is 2. The Hall–Kier alpha value is -3.56. The summed E-state index contributed by atoms with van der Waals surface area (Å²) < 4.78 is 25.0. The Morgan fingerprint density at radius 3 is 2.59 bits per heavy atom. The molecular formula is C27H25ClFN3O4S. The Morgan fingerprint density at radius 1 is 1.08 bits per heavy atom. The number of nitrogens with one attached hydrogen (secondary N) is 1. The lowest BCUT2D eigenvalue weighted by molar-refractivity contribution is -0.128. The molecule has 192 valence electrons. The van der Waals surface area contributed by atoms with Crippen LogP contribution in [0.1, 0.15) is 12.0 Å². The van der Waals surface area contributed by atoms with E-state index in [9.17, 15) is 14.0 Å². The molecule has 3 aromatic carbocycles. The highest BCUT2D eigenvalue weighted by Gasteiger charge is 2.39. The fraction of sp³-hybridized carbons (Fsp3) is 0.222. The first-order valence-corrected chi connectivity index (χ1v) is 12.7. The van der Waals surface area contributed by atoms with Crippen LogP contribution >= 0.6 is 23.4 Å². The molecule has 0 unspecified atom stereocenters. The number of amides is 2. The quantitative estimate of drug-likeness (QED) is 0.376. The van der Waals surface area contributed by atoms with E-state index in [1.807, 2.05) is 12.1 Å². The molecule has 7 nitrogen and oxygen atoms in total. The summed E-state index contributed by atoms with van der Waals surface area (Å²) in [7, 11) is 3.12. The Labute approximate surface area is 223 Å². The largest absolute Gasteiger partial charge is 0.493 e. The summed E-state index contributed by atoms with van der Waals surface area (Å²) in [5, 5.41) is 2.90. The third kappa shape index (κ3) is 6.61. The zero-order valence-electron chi connectivity index (χ0n) is 20.2. The van der Waals surface area contributed by atoms with E-state index in [0.29, 0.717) is 40.3 Å². The number of hydrogen-bond donors (Lipinski definition) is 1. The third-order valence-corrected chi connectivity index (χ3v) is 7.05. The van der Waals surface area contributed by atoms with Gasteiger partial charge in [-0.1, -0.05) is 47.6 Å². The molecule has 1 heterocycles. The van der Waals surface area contributed by atoms with Crippen LogP contribution in [0.25, 0.3) is 0 Å². The zero-order chi connectivity index (χ0) is 26.4. The van der Waals surface area contributed by atoms with Gasteiger partial charge in [0.25, 0.3) is 0 Å². The molecule has 37 heavy (non-hydrogen) atoms. The van der Waals surface area contributed by atoms with E-state index in [0.717, 1.165) is 17.3 Å². The van der Waals surface area contributed by atoms with Crippen molar-refractivity contribution in [3.05, 3.63) is 83.1 Å². The van der Waals surface area contributed by atoms with Crippen LogP contribution in [-0.2, 0) is 16.0 Å². The average Bonchev–Trinajstić information content (AvgIpc) is 3.17. The highest BCUT2D eigenvalue weighted by atomic mass is 35.5. The van der Waals surface area contributed by atoms with Crippen molar-refractivity contribution >= 4 is 51.7 Å². The van der Waals surface area contributed by atoms with E-state index in [1.165, 1.54) is 11.0 Å². The first-order chi connectivity index (χ1) is 17.9. The van der Waals surface area contributed by atoms with Gasteiger partial charge in [0.05, 0.1) is 14.2 Å². The number of carbonyl (C=O) groups excluding carboxylic acids is 2. The second-order valence-corrected chi connectivity index (χ2v) is 9.75. The van der Waals surface area contributed by atoms with Gasteiger partial charge < -0.3 is 14.8 Å². The third-order valence-electron chi connectivity index (χ3n) is 5.64. The van der Waals surface area contributed by atoms with Crippen LogP contribution in [-0.4, -0.2) is 47.9 Å². The number of hydrogen-bond acceptors (Lipinski definition) is 6. The minimum absolute atomic E-state index is 0.0703. The summed E-state index contributed by atoms with van der Waals surface area (Å²) in [5.41, 5.74) is 1.58. The molecule has 1 N–H and O–H groups in total. The van der Waals surface area contributed by atoms with Gasteiger partial charge in [0.2, 0.25) is 11.8 Å². The Balaban J connectivity index is 1.53. The Kier molecular flexibility index (Phi) is 8.68. The van der Waals surface area contributed by atoms with Crippen molar-refractivity contribution in [1.82, 2.24) is 4.90 Å². The van der Waals surface area contributed by atoms with Gasteiger partial charge >= 0.3 is 0 Å². The van der Waals surface area contributed by atoms with Crippen LogP contribution in [0.15, 0.2) is 71.7 Å². The summed E-state index contributed by atoms with van der Waals surface area (Å²) in [4.78, 5) is 32.0. The Bertz CT molecular complexity index is 1340. The van der Waals surface area contributed by atoms with Crippen LogP contribution in [0, 0.1) is 5.82 Å². The van der Waals surface area contributed by atoms with E-state index in [-0.39, 0.29) is 23.9 Å². The number of thioether (sulfide) groups is 1. The number of nitrogens with zero attached hydrogens (tertiary/aromatic N) is 2. The summed E-state index contributed by atoms with van der Waals surface area (Å²) >= 11 is 7.14. The maximum absolute atomic E-state index is 14.3. The molecule has 1 saturated heterocycles. The van der Waals surface area contributed by atoms with Gasteiger partial charge in [0, 0.05) is 23.7 Å². The van der Waals surface area contributed by atoms with Crippen molar-refractivity contribution in [3.63, 3.8) is 0 Å². The number of carbonyl (C=O) groups is 2. The lowest BCUT2D eigenvalue weighted by atomic mass is 10.1. The SMILES string of the molecule is COc1ccc(CCN2C(=O)[C@H](CC(=O)Nc3cccc(Cl)c3)SC2=Nc2ccccc2F)cc1OC.